The van der Waals surface area contributed by atoms with Gasteiger partial charge in [0.05, 0.1) is 12.4 Å². The molecule has 1 aliphatic rings. The number of hydrogen-bond acceptors (Lipinski definition) is 4. The summed E-state index contributed by atoms with van der Waals surface area (Å²) in [5.74, 6) is 1.08. The van der Waals surface area contributed by atoms with E-state index in [1.54, 1.807) is 0 Å². The molecule has 5 nitrogen and oxygen atoms in total. The molecule has 0 amide bonds. The van der Waals surface area contributed by atoms with Crippen molar-refractivity contribution in [3.63, 3.8) is 0 Å². The second-order valence-corrected chi connectivity index (χ2v) is 6.50. The van der Waals surface area contributed by atoms with Crippen molar-refractivity contribution >= 4 is 22.4 Å². The van der Waals surface area contributed by atoms with Gasteiger partial charge in [-0.25, -0.2) is 4.98 Å². The first-order valence-electron chi connectivity index (χ1n) is 9.05. The minimum Gasteiger partial charge on any atom is -0.382 e. The number of benzene rings is 1. The van der Waals surface area contributed by atoms with E-state index in [2.05, 4.69) is 74.2 Å². The Morgan fingerprint density at radius 1 is 1.00 bits per heavy atom. The zero-order valence-corrected chi connectivity index (χ0v) is 14.7. The van der Waals surface area contributed by atoms with Crippen molar-refractivity contribution in [1.82, 2.24) is 14.5 Å². The molecule has 0 radical (unpaired) electrons. The molecule has 130 valence electrons. The third kappa shape index (κ3) is 3.33. The lowest BCUT2D eigenvalue weighted by molar-refractivity contribution is 0.209. The number of rotatable bonds is 5. The number of pyridine rings is 1. The van der Waals surface area contributed by atoms with Gasteiger partial charge < -0.3 is 14.8 Å². The van der Waals surface area contributed by atoms with Crippen LogP contribution in [0.5, 0.6) is 0 Å². The summed E-state index contributed by atoms with van der Waals surface area (Å²) in [5, 5.41) is 4.73. The van der Waals surface area contributed by atoms with E-state index in [4.69, 9.17) is 0 Å². The molecule has 3 heterocycles. The smallest absolute Gasteiger partial charge is 0.152 e. The van der Waals surface area contributed by atoms with Crippen molar-refractivity contribution in [2.24, 2.45) is 0 Å². The fraction of sp³-hybridized carbons (Fsp3) is 0.350. The lowest BCUT2D eigenvalue weighted by Crippen LogP contribution is -2.47. The first kappa shape index (κ1) is 16.0. The Morgan fingerprint density at radius 2 is 1.84 bits per heavy atom. The van der Waals surface area contributed by atoms with Crippen molar-refractivity contribution in [1.29, 1.82) is 0 Å². The Labute approximate surface area is 148 Å². The van der Waals surface area contributed by atoms with Gasteiger partial charge in [-0.05, 0) is 36.6 Å². The highest BCUT2D eigenvalue weighted by molar-refractivity contribution is 5.79. The van der Waals surface area contributed by atoms with Crippen LogP contribution in [0, 0.1) is 0 Å². The Kier molecular flexibility index (Phi) is 4.57. The van der Waals surface area contributed by atoms with E-state index >= 15 is 0 Å². The highest BCUT2D eigenvalue weighted by Crippen LogP contribution is 2.24. The average molecular weight is 335 g/mol. The van der Waals surface area contributed by atoms with Gasteiger partial charge in [0.15, 0.2) is 5.82 Å². The van der Waals surface area contributed by atoms with E-state index in [1.165, 1.54) is 10.9 Å². The predicted octanol–water partition coefficient (Wildman–Crippen LogP) is 3.25. The largest absolute Gasteiger partial charge is 0.382 e. The number of piperazine rings is 1. The normalized spacial score (nSPS) is 15.6. The van der Waals surface area contributed by atoms with Gasteiger partial charge in [0.1, 0.15) is 0 Å². The van der Waals surface area contributed by atoms with Crippen LogP contribution < -0.4 is 10.2 Å². The van der Waals surface area contributed by atoms with E-state index < -0.39 is 0 Å². The van der Waals surface area contributed by atoms with Crippen molar-refractivity contribution in [2.45, 2.75) is 13.6 Å². The van der Waals surface area contributed by atoms with E-state index in [-0.39, 0.29) is 0 Å². The molecule has 2 aromatic heterocycles. The summed E-state index contributed by atoms with van der Waals surface area (Å²) >= 11 is 0. The van der Waals surface area contributed by atoms with E-state index in [0.717, 1.165) is 50.9 Å². The topological polar surface area (TPSA) is 36.3 Å². The number of fused-ring (bicyclic) bond motifs is 1. The standard InChI is InChI=1S/C20H25N5/c1-2-21-18-7-5-10-22-20(18)24-14-12-23(13-15-24)16-25-11-9-17-6-3-4-8-19(17)25/h3-11,21H,2,12-16H2,1H3. The maximum Gasteiger partial charge on any atom is 0.152 e. The van der Waals surface area contributed by atoms with Crippen LogP contribution in [0.15, 0.2) is 54.9 Å². The molecule has 3 aromatic rings. The molecule has 0 spiro atoms. The van der Waals surface area contributed by atoms with Crippen LogP contribution in [-0.2, 0) is 6.67 Å². The van der Waals surface area contributed by atoms with Gasteiger partial charge >= 0.3 is 0 Å². The fourth-order valence-corrected chi connectivity index (χ4v) is 3.56. The number of nitrogens with one attached hydrogen (secondary N) is 1. The second kappa shape index (κ2) is 7.15. The van der Waals surface area contributed by atoms with Gasteiger partial charge in [0.2, 0.25) is 0 Å². The Bertz CT molecular complexity index is 833. The number of anilines is 2. The summed E-state index contributed by atoms with van der Waals surface area (Å²) in [5.41, 5.74) is 2.44. The zero-order chi connectivity index (χ0) is 17.1. The van der Waals surface area contributed by atoms with E-state index in [1.807, 2.05) is 12.3 Å². The SMILES string of the molecule is CCNc1cccnc1N1CCN(Cn2ccc3ccccc32)CC1. The molecule has 0 unspecified atom stereocenters. The van der Waals surface area contributed by atoms with Gasteiger partial charge in [0, 0.05) is 50.6 Å². The molecular weight excluding hydrogens is 310 g/mol. The van der Waals surface area contributed by atoms with E-state index in [0.29, 0.717) is 0 Å². The molecular formula is C20H25N5. The van der Waals surface area contributed by atoms with Gasteiger partial charge in [-0.1, -0.05) is 18.2 Å². The summed E-state index contributed by atoms with van der Waals surface area (Å²) < 4.78 is 2.34. The molecule has 25 heavy (non-hydrogen) atoms. The van der Waals surface area contributed by atoms with Gasteiger partial charge in [-0.15, -0.1) is 0 Å². The minimum absolute atomic E-state index is 0.916. The van der Waals surface area contributed by atoms with Gasteiger partial charge in [-0.2, -0.15) is 0 Å². The Hall–Kier alpha value is -2.53. The molecule has 0 saturated carbocycles. The average Bonchev–Trinajstić information content (AvgIpc) is 3.06. The number of hydrogen-bond donors (Lipinski definition) is 1. The number of aromatic nitrogens is 2. The molecule has 1 aliphatic heterocycles. The lowest BCUT2D eigenvalue weighted by Gasteiger charge is -2.36. The second-order valence-electron chi connectivity index (χ2n) is 6.50. The fourth-order valence-electron chi connectivity index (χ4n) is 3.56. The molecule has 4 rings (SSSR count). The minimum atomic E-state index is 0.916. The molecule has 1 aromatic carbocycles. The maximum atomic E-state index is 4.60. The van der Waals surface area contributed by atoms with Crippen molar-refractivity contribution in [3.05, 3.63) is 54.9 Å². The Balaban J connectivity index is 1.42. The maximum absolute atomic E-state index is 4.60. The summed E-state index contributed by atoms with van der Waals surface area (Å²) in [6.07, 6.45) is 4.08. The molecule has 1 N–H and O–H groups in total. The third-order valence-corrected chi connectivity index (χ3v) is 4.86. The molecule has 5 heteroatoms. The van der Waals surface area contributed by atoms with Crippen LogP contribution in [0.4, 0.5) is 11.5 Å². The first-order chi connectivity index (χ1) is 12.3. The highest BCUT2D eigenvalue weighted by Gasteiger charge is 2.20. The van der Waals surface area contributed by atoms with Crippen LogP contribution in [-0.4, -0.2) is 47.2 Å². The summed E-state index contributed by atoms with van der Waals surface area (Å²) in [6, 6.07) is 14.9. The summed E-state index contributed by atoms with van der Waals surface area (Å²) in [6.45, 7) is 8.10. The quantitative estimate of drug-likeness (QED) is 0.776. The van der Waals surface area contributed by atoms with Crippen molar-refractivity contribution in [2.75, 3.05) is 42.9 Å². The van der Waals surface area contributed by atoms with Crippen LogP contribution in [0.3, 0.4) is 0 Å². The van der Waals surface area contributed by atoms with Crippen LogP contribution in [0.2, 0.25) is 0 Å². The molecule has 0 bridgehead atoms. The van der Waals surface area contributed by atoms with Crippen LogP contribution in [0.25, 0.3) is 10.9 Å². The Morgan fingerprint density at radius 3 is 2.68 bits per heavy atom. The lowest BCUT2D eigenvalue weighted by atomic mass is 10.2. The number of nitrogens with zero attached hydrogens (tertiary/aromatic N) is 4. The summed E-state index contributed by atoms with van der Waals surface area (Å²) in [4.78, 5) is 9.51. The van der Waals surface area contributed by atoms with Crippen LogP contribution in [0.1, 0.15) is 6.92 Å². The summed E-state index contributed by atoms with van der Waals surface area (Å²) in [7, 11) is 0. The first-order valence-corrected chi connectivity index (χ1v) is 9.05. The van der Waals surface area contributed by atoms with Crippen molar-refractivity contribution in [3.8, 4) is 0 Å². The molecule has 1 fully saturated rings. The van der Waals surface area contributed by atoms with Crippen LogP contribution >= 0.6 is 0 Å². The van der Waals surface area contributed by atoms with Gasteiger partial charge in [-0.3, -0.25) is 4.90 Å². The monoisotopic (exact) mass is 335 g/mol. The van der Waals surface area contributed by atoms with E-state index in [9.17, 15) is 0 Å². The number of para-hydroxylation sites is 1. The molecule has 1 saturated heterocycles. The highest BCUT2D eigenvalue weighted by atomic mass is 15.3. The zero-order valence-electron chi connectivity index (χ0n) is 14.7. The molecule has 0 aliphatic carbocycles. The predicted molar refractivity (Wildman–Crippen MR) is 104 cm³/mol. The molecule has 0 atom stereocenters. The van der Waals surface area contributed by atoms with Gasteiger partial charge in [0.25, 0.3) is 0 Å². The van der Waals surface area contributed by atoms with Crippen molar-refractivity contribution < 1.29 is 0 Å². The third-order valence-electron chi connectivity index (χ3n) is 4.86.